The molecule has 0 bridgehead atoms. The predicted molar refractivity (Wildman–Crippen MR) is 117 cm³/mol. The number of nitrogens with zero attached hydrogens (tertiary/aromatic N) is 1. The number of nitrogens with one attached hydrogen (secondary N) is 4. The molecular weight excluding hydrogens is 449 g/mol. The third-order valence-electron chi connectivity index (χ3n) is 6.42. The molecule has 4 rings (SSSR count). The van der Waals surface area contributed by atoms with Crippen LogP contribution < -0.4 is 20.9 Å². The number of ether oxygens (including phenoxy) is 1. The van der Waals surface area contributed by atoms with E-state index >= 15 is 4.39 Å². The Bertz CT molecular complexity index is 1120. The summed E-state index contributed by atoms with van der Waals surface area (Å²) in [4.78, 5) is 52.0. The molecule has 3 atom stereocenters. The number of carbonyl (C=O) groups is 4. The highest BCUT2D eigenvalue weighted by Gasteiger charge is 2.63. The van der Waals surface area contributed by atoms with Crippen molar-refractivity contribution in [1.82, 2.24) is 16.0 Å². The number of phenolic OH excluding ortho intramolecular Hbond substituents is 1. The Morgan fingerprint density at radius 3 is 2.50 bits per heavy atom. The second-order valence-electron chi connectivity index (χ2n) is 9.23. The first kappa shape index (κ1) is 23.6. The third-order valence-corrected chi connectivity index (χ3v) is 6.42. The zero-order valence-electron chi connectivity index (χ0n) is 19.1. The minimum Gasteiger partial charge on any atom is -0.504 e. The quantitative estimate of drug-likeness (QED) is 0.311. The minimum atomic E-state index is -1.84. The number of hydrogen-bond acceptors (Lipinski definition) is 8. The van der Waals surface area contributed by atoms with Crippen molar-refractivity contribution in [1.29, 1.82) is 5.41 Å². The Balaban J connectivity index is 1.91. The minimum absolute atomic E-state index is 0.0338. The van der Waals surface area contributed by atoms with Crippen LogP contribution in [0.15, 0.2) is 6.07 Å². The number of halogens is 1. The maximum Gasteiger partial charge on any atom is 0.328 e. The van der Waals surface area contributed by atoms with Crippen molar-refractivity contribution in [3.8, 4) is 5.75 Å². The lowest BCUT2D eigenvalue weighted by Crippen LogP contribution is -2.75. The summed E-state index contributed by atoms with van der Waals surface area (Å²) in [6.45, 7) is 6.86. The standard InChI is InChI=1S/C22H26FN5O6/c1-8(2)25-18(30)14(24)12-5-11-6-22(19(31)26-21(33)27-20(22)32)17-10(4)34-9(3)7-28(17)15(11)13(23)16(12)29/h5,8-10,17,24,29H,6-7H2,1-4H3,(H,25,30)(H2,26,27,31,32,33)/t9-,10+,17-/m1/s1. The summed E-state index contributed by atoms with van der Waals surface area (Å²) in [7, 11) is 0. The molecular formula is C22H26FN5O6. The van der Waals surface area contributed by atoms with Gasteiger partial charge in [0.25, 0.3) is 5.91 Å². The van der Waals surface area contributed by atoms with E-state index in [9.17, 15) is 24.3 Å². The number of aromatic hydroxyl groups is 1. The van der Waals surface area contributed by atoms with E-state index < -0.39 is 64.7 Å². The number of imide groups is 2. The number of hydrogen-bond donors (Lipinski definition) is 5. The van der Waals surface area contributed by atoms with Crippen molar-refractivity contribution >= 4 is 35.2 Å². The lowest BCUT2D eigenvalue weighted by atomic mass is 9.66. The highest BCUT2D eigenvalue weighted by Crippen LogP contribution is 2.49. The van der Waals surface area contributed by atoms with Crippen LogP contribution in [0.4, 0.5) is 14.9 Å². The fourth-order valence-electron chi connectivity index (χ4n) is 5.20. The van der Waals surface area contributed by atoms with Crippen molar-refractivity contribution < 1.29 is 33.4 Å². The molecule has 0 aromatic heterocycles. The van der Waals surface area contributed by atoms with Gasteiger partial charge in [-0.15, -0.1) is 0 Å². The van der Waals surface area contributed by atoms with Crippen LogP contribution >= 0.6 is 0 Å². The Hall–Kier alpha value is -3.54. The lowest BCUT2D eigenvalue weighted by molar-refractivity contribution is -0.153. The number of morpholine rings is 1. The average molecular weight is 475 g/mol. The van der Waals surface area contributed by atoms with Gasteiger partial charge in [0.15, 0.2) is 17.0 Å². The third kappa shape index (κ3) is 3.40. The molecule has 3 heterocycles. The van der Waals surface area contributed by atoms with Crippen LogP contribution in [0, 0.1) is 16.6 Å². The Morgan fingerprint density at radius 2 is 1.91 bits per heavy atom. The summed E-state index contributed by atoms with van der Waals surface area (Å²) in [5.41, 5.74) is -2.77. The molecule has 3 aliphatic heterocycles. The van der Waals surface area contributed by atoms with Gasteiger partial charge in [-0.25, -0.2) is 9.18 Å². The molecule has 0 unspecified atom stereocenters. The first-order valence-corrected chi connectivity index (χ1v) is 10.9. The van der Waals surface area contributed by atoms with Gasteiger partial charge < -0.3 is 20.1 Å². The summed E-state index contributed by atoms with van der Waals surface area (Å²) in [6.07, 6.45) is -1.44. The molecule has 0 radical (unpaired) electrons. The van der Waals surface area contributed by atoms with Crippen LogP contribution in [0.25, 0.3) is 0 Å². The van der Waals surface area contributed by atoms with Crippen LogP contribution in [0.2, 0.25) is 0 Å². The van der Waals surface area contributed by atoms with Crippen molar-refractivity contribution in [2.24, 2.45) is 5.41 Å². The Labute approximate surface area is 194 Å². The van der Waals surface area contributed by atoms with E-state index in [1.807, 2.05) is 0 Å². The van der Waals surface area contributed by atoms with Crippen LogP contribution in [-0.4, -0.2) is 65.4 Å². The number of anilines is 1. The van der Waals surface area contributed by atoms with Gasteiger partial charge in [0.1, 0.15) is 5.71 Å². The maximum atomic E-state index is 15.7. The number of phenols is 1. The normalized spacial score (nSPS) is 25.4. The van der Waals surface area contributed by atoms with Crippen molar-refractivity contribution in [3.63, 3.8) is 0 Å². The average Bonchev–Trinajstić information content (AvgIpc) is 2.72. The van der Waals surface area contributed by atoms with Crippen LogP contribution in [-0.2, 0) is 25.5 Å². The highest BCUT2D eigenvalue weighted by molar-refractivity contribution is 6.44. The van der Waals surface area contributed by atoms with Gasteiger partial charge in [0.05, 0.1) is 29.5 Å². The van der Waals surface area contributed by atoms with Gasteiger partial charge in [-0.3, -0.25) is 30.4 Å². The number of amides is 5. The van der Waals surface area contributed by atoms with Gasteiger partial charge in [-0.1, -0.05) is 0 Å². The number of barbiturate groups is 1. The Kier molecular flexibility index (Phi) is 5.59. The molecule has 34 heavy (non-hydrogen) atoms. The molecule has 5 amide bonds. The molecule has 5 N–H and O–H groups in total. The van der Waals surface area contributed by atoms with Crippen molar-refractivity contribution in [2.75, 3.05) is 11.4 Å². The molecule has 1 aromatic rings. The summed E-state index contributed by atoms with van der Waals surface area (Å²) >= 11 is 0. The van der Waals surface area contributed by atoms with E-state index in [0.29, 0.717) is 0 Å². The van der Waals surface area contributed by atoms with E-state index in [2.05, 4.69) is 16.0 Å². The fraction of sp³-hybridized carbons (Fsp3) is 0.500. The molecule has 3 aliphatic rings. The smallest absolute Gasteiger partial charge is 0.328 e. The van der Waals surface area contributed by atoms with Gasteiger partial charge in [0.2, 0.25) is 11.8 Å². The molecule has 2 saturated heterocycles. The molecule has 0 aliphatic carbocycles. The van der Waals surface area contributed by atoms with Gasteiger partial charge >= 0.3 is 6.03 Å². The summed E-state index contributed by atoms with van der Waals surface area (Å²) in [5.74, 6) is -4.47. The van der Waals surface area contributed by atoms with Gasteiger partial charge in [0, 0.05) is 19.0 Å². The summed E-state index contributed by atoms with van der Waals surface area (Å²) in [6, 6.07) is -0.992. The topological polar surface area (TPSA) is 161 Å². The van der Waals surface area contributed by atoms with Crippen LogP contribution in [0.1, 0.15) is 38.8 Å². The first-order chi connectivity index (χ1) is 15.9. The van der Waals surface area contributed by atoms with Gasteiger partial charge in [-0.05, 0) is 39.3 Å². The second-order valence-corrected chi connectivity index (χ2v) is 9.23. The summed E-state index contributed by atoms with van der Waals surface area (Å²) in [5, 5.41) is 25.6. The SMILES string of the molecule is CC(C)NC(=O)C(=N)c1cc2c(c(F)c1O)N1C[C@@H](C)O[C@@H](C)[C@@H]1C1(C2)C(=O)NC(=O)NC1=O. The Morgan fingerprint density at radius 1 is 1.29 bits per heavy atom. The maximum absolute atomic E-state index is 15.7. The summed E-state index contributed by atoms with van der Waals surface area (Å²) < 4.78 is 21.5. The fourth-order valence-corrected chi connectivity index (χ4v) is 5.20. The van der Waals surface area contributed by atoms with Crippen LogP contribution in [0.5, 0.6) is 5.75 Å². The van der Waals surface area contributed by atoms with E-state index in [0.717, 1.165) is 0 Å². The number of carbonyl (C=O) groups excluding carboxylic acids is 4. The number of urea groups is 1. The molecule has 0 saturated carbocycles. The molecule has 2 fully saturated rings. The van der Waals surface area contributed by atoms with E-state index in [4.69, 9.17) is 10.1 Å². The molecule has 11 nitrogen and oxygen atoms in total. The molecule has 12 heteroatoms. The van der Waals surface area contributed by atoms with Gasteiger partial charge in [-0.2, -0.15) is 0 Å². The van der Waals surface area contributed by atoms with Crippen molar-refractivity contribution in [2.45, 2.75) is 58.4 Å². The molecule has 182 valence electrons. The van der Waals surface area contributed by atoms with E-state index in [-0.39, 0.29) is 35.8 Å². The number of benzene rings is 1. The highest BCUT2D eigenvalue weighted by atomic mass is 19.1. The van der Waals surface area contributed by atoms with Crippen molar-refractivity contribution in [3.05, 3.63) is 23.0 Å². The number of fused-ring (bicyclic) bond motifs is 4. The number of rotatable bonds is 3. The second kappa shape index (κ2) is 8.05. The molecule has 1 spiro atoms. The lowest BCUT2D eigenvalue weighted by Gasteiger charge is -2.55. The zero-order valence-corrected chi connectivity index (χ0v) is 19.1. The monoisotopic (exact) mass is 475 g/mol. The van der Waals surface area contributed by atoms with Crippen LogP contribution in [0.3, 0.4) is 0 Å². The van der Waals surface area contributed by atoms with E-state index in [1.54, 1.807) is 27.7 Å². The zero-order chi connectivity index (χ0) is 25.1. The van der Waals surface area contributed by atoms with E-state index in [1.165, 1.54) is 11.0 Å². The predicted octanol–water partition coefficient (Wildman–Crippen LogP) is 0.314. The largest absolute Gasteiger partial charge is 0.504 e. The molecule has 1 aromatic carbocycles. The first-order valence-electron chi connectivity index (χ1n) is 10.9.